The van der Waals surface area contributed by atoms with Crippen molar-refractivity contribution in [2.45, 2.75) is 23.8 Å². The van der Waals surface area contributed by atoms with Crippen LogP contribution in [0.25, 0.3) is 0 Å². The van der Waals surface area contributed by atoms with Crippen molar-refractivity contribution in [1.29, 1.82) is 0 Å². The second-order valence-corrected chi connectivity index (χ2v) is 6.60. The fourth-order valence-electron chi connectivity index (χ4n) is 2.69. The number of amides is 1. The molecule has 0 bridgehead atoms. The molecular formula is C18H18FNO2S. The number of carbonyl (C=O) groups is 1. The van der Waals surface area contributed by atoms with Crippen LogP contribution in [0.15, 0.2) is 47.4 Å². The molecule has 0 unspecified atom stereocenters. The first-order valence-electron chi connectivity index (χ1n) is 7.50. The Labute approximate surface area is 139 Å². The molecule has 0 saturated carbocycles. The van der Waals surface area contributed by atoms with Crippen molar-refractivity contribution < 1.29 is 13.9 Å². The minimum atomic E-state index is -0.263. The number of rotatable bonds is 4. The third-order valence-electron chi connectivity index (χ3n) is 3.87. The van der Waals surface area contributed by atoms with Gasteiger partial charge in [0, 0.05) is 10.6 Å². The van der Waals surface area contributed by atoms with Crippen LogP contribution in [0, 0.1) is 5.82 Å². The Balaban J connectivity index is 1.67. The maximum atomic E-state index is 13.5. The van der Waals surface area contributed by atoms with Gasteiger partial charge in [-0.3, -0.25) is 4.79 Å². The lowest BCUT2D eigenvalue weighted by Crippen LogP contribution is -2.31. The van der Waals surface area contributed by atoms with Crippen LogP contribution >= 0.6 is 11.8 Å². The molecule has 0 saturated heterocycles. The Morgan fingerprint density at radius 3 is 2.83 bits per heavy atom. The maximum Gasteiger partial charge on any atom is 0.224 e. The molecule has 2 aromatic carbocycles. The number of halogens is 1. The van der Waals surface area contributed by atoms with Gasteiger partial charge in [-0.1, -0.05) is 12.1 Å². The van der Waals surface area contributed by atoms with Crippen LogP contribution < -0.4 is 10.1 Å². The lowest BCUT2D eigenvalue weighted by atomic mass is 10.0. The molecule has 1 aliphatic heterocycles. The quantitative estimate of drug-likeness (QED) is 0.928. The van der Waals surface area contributed by atoms with Crippen molar-refractivity contribution in [3.63, 3.8) is 0 Å². The van der Waals surface area contributed by atoms with E-state index >= 15 is 0 Å². The first kappa shape index (κ1) is 15.9. The van der Waals surface area contributed by atoms with Gasteiger partial charge in [0.15, 0.2) is 0 Å². The Morgan fingerprint density at radius 1 is 1.30 bits per heavy atom. The molecule has 1 atom stereocenters. The standard InChI is InChI=1S/C18H18FNO2S/c1-22-14-5-2-12(3-6-14)10-18(21)20-16-8-9-23-17-7-4-13(19)11-15(16)17/h2-7,11,16H,8-10H2,1H3,(H,20,21)/t16-/m0/s1. The molecule has 0 fully saturated rings. The molecule has 5 heteroatoms. The van der Waals surface area contributed by atoms with Crippen molar-refractivity contribution in [3.05, 3.63) is 59.4 Å². The summed E-state index contributed by atoms with van der Waals surface area (Å²) in [7, 11) is 1.61. The summed E-state index contributed by atoms with van der Waals surface area (Å²) in [6, 6.07) is 12.1. The molecule has 23 heavy (non-hydrogen) atoms. The zero-order valence-electron chi connectivity index (χ0n) is 12.8. The predicted molar refractivity (Wildman–Crippen MR) is 89.3 cm³/mol. The van der Waals surface area contributed by atoms with Gasteiger partial charge < -0.3 is 10.1 Å². The van der Waals surface area contributed by atoms with E-state index < -0.39 is 0 Å². The molecule has 0 spiro atoms. The van der Waals surface area contributed by atoms with Gasteiger partial charge in [-0.05, 0) is 47.9 Å². The third-order valence-corrected chi connectivity index (χ3v) is 4.99. The van der Waals surface area contributed by atoms with E-state index in [0.717, 1.165) is 33.9 Å². The van der Waals surface area contributed by atoms with E-state index in [4.69, 9.17) is 4.74 Å². The van der Waals surface area contributed by atoms with E-state index in [9.17, 15) is 9.18 Å². The molecule has 0 aliphatic carbocycles. The minimum absolute atomic E-state index is 0.0534. The fourth-order valence-corrected chi connectivity index (χ4v) is 3.79. The number of ether oxygens (including phenoxy) is 1. The monoisotopic (exact) mass is 331 g/mol. The highest BCUT2D eigenvalue weighted by Gasteiger charge is 2.22. The van der Waals surface area contributed by atoms with E-state index in [2.05, 4.69) is 5.32 Å². The zero-order valence-corrected chi connectivity index (χ0v) is 13.7. The van der Waals surface area contributed by atoms with Crippen molar-refractivity contribution in [2.75, 3.05) is 12.9 Å². The van der Waals surface area contributed by atoms with Crippen LogP contribution in [0.2, 0.25) is 0 Å². The van der Waals surface area contributed by atoms with Gasteiger partial charge in [0.05, 0.1) is 19.6 Å². The molecule has 120 valence electrons. The second-order valence-electron chi connectivity index (χ2n) is 5.46. The number of fused-ring (bicyclic) bond motifs is 1. The highest BCUT2D eigenvalue weighted by molar-refractivity contribution is 7.99. The number of carbonyl (C=O) groups excluding carboxylic acids is 1. The van der Waals surface area contributed by atoms with Crippen molar-refractivity contribution in [3.8, 4) is 5.75 Å². The molecule has 1 N–H and O–H groups in total. The minimum Gasteiger partial charge on any atom is -0.497 e. The van der Waals surface area contributed by atoms with Crippen LogP contribution in [-0.4, -0.2) is 18.8 Å². The second kappa shape index (κ2) is 7.04. The van der Waals surface area contributed by atoms with Crippen LogP contribution in [-0.2, 0) is 11.2 Å². The lowest BCUT2D eigenvalue weighted by Gasteiger charge is -2.26. The van der Waals surface area contributed by atoms with Gasteiger partial charge in [-0.2, -0.15) is 0 Å². The molecule has 0 radical (unpaired) electrons. The molecule has 1 amide bonds. The molecular weight excluding hydrogens is 313 g/mol. The average molecular weight is 331 g/mol. The Bertz CT molecular complexity index is 703. The summed E-state index contributed by atoms with van der Waals surface area (Å²) >= 11 is 1.70. The smallest absolute Gasteiger partial charge is 0.224 e. The van der Waals surface area contributed by atoms with E-state index in [-0.39, 0.29) is 17.8 Å². The molecule has 0 aromatic heterocycles. The SMILES string of the molecule is COc1ccc(CC(=O)N[C@H]2CCSc3ccc(F)cc32)cc1. The van der Waals surface area contributed by atoms with Gasteiger partial charge in [0.25, 0.3) is 0 Å². The van der Waals surface area contributed by atoms with Gasteiger partial charge in [0.1, 0.15) is 11.6 Å². The topological polar surface area (TPSA) is 38.3 Å². The van der Waals surface area contributed by atoms with Crippen molar-refractivity contribution >= 4 is 17.7 Å². The maximum absolute atomic E-state index is 13.5. The summed E-state index contributed by atoms with van der Waals surface area (Å²) in [6.07, 6.45) is 1.12. The largest absolute Gasteiger partial charge is 0.497 e. The van der Waals surface area contributed by atoms with E-state index in [1.165, 1.54) is 12.1 Å². The molecule has 3 nitrogen and oxygen atoms in total. The molecule has 1 heterocycles. The number of hydrogen-bond donors (Lipinski definition) is 1. The van der Waals surface area contributed by atoms with Crippen LogP contribution in [0.5, 0.6) is 5.75 Å². The van der Waals surface area contributed by atoms with E-state index in [1.54, 1.807) is 24.9 Å². The number of nitrogens with one attached hydrogen (secondary N) is 1. The summed E-state index contributed by atoms with van der Waals surface area (Å²) < 4.78 is 18.6. The van der Waals surface area contributed by atoms with Crippen LogP contribution in [0.3, 0.4) is 0 Å². The van der Waals surface area contributed by atoms with Crippen LogP contribution in [0.1, 0.15) is 23.6 Å². The summed E-state index contributed by atoms with van der Waals surface area (Å²) in [6.45, 7) is 0. The van der Waals surface area contributed by atoms with E-state index in [0.29, 0.717) is 6.42 Å². The highest BCUT2D eigenvalue weighted by Crippen LogP contribution is 2.36. The van der Waals surface area contributed by atoms with Gasteiger partial charge in [0.2, 0.25) is 5.91 Å². The third kappa shape index (κ3) is 3.85. The number of methoxy groups -OCH3 is 1. The first-order chi connectivity index (χ1) is 11.2. The normalized spacial score (nSPS) is 16.5. The summed E-state index contributed by atoms with van der Waals surface area (Å²) in [5.74, 6) is 1.37. The van der Waals surface area contributed by atoms with Gasteiger partial charge in [-0.15, -0.1) is 11.8 Å². The number of thioether (sulfide) groups is 1. The lowest BCUT2D eigenvalue weighted by molar-refractivity contribution is -0.121. The molecule has 3 rings (SSSR count). The number of hydrogen-bond acceptors (Lipinski definition) is 3. The Hall–Kier alpha value is -2.01. The van der Waals surface area contributed by atoms with E-state index in [1.807, 2.05) is 24.3 Å². The summed E-state index contributed by atoms with van der Waals surface area (Å²) in [5, 5.41) is 3.03. The van der Waals surface area contributed by atoms with Crippen molar-refractivity contribution in [2.24, 2.45) is 0 Å². The zero-order chi connectivity index (χ0) is 16.2. The Morgan fingerprint density at radius 2 is 2.09 bits per heavy atom. The predicted octanol–water partition coefficient (Wildman–Crippen LogP) is 3.73. The van der Waals surface area contributed by atoms with Gasteiger partial charge >= 0.3 is 0 Å². The first-order valence-corrected chi connectivity index (χ1v) is 8.49. The average Bonchev–Trinajstić information content (AvgIpc) is 2.56. The van der Waals surface area contributed by atoms with Gasteiger partial charge in [-0.25, -0.2) is 4.39 Å². The highest BCUT2D eigenvalue weighted by atomic mass is 32.2. The van der Waals surface area contributed by atoms with Crippen molar-refractivity contribution in [1.82, 2.24) is 5.32 Å². The molecule has 2 aromatic rings. The summed E-state index contributed by atoms with van der Waals surface area (Å²) in [4.78, 5) is 13.3. The molecule has 1 aliphatic rings. The van der Waals surface area contributed by atoms with Crippen LogP contribution in [0.4, 0.5) is 4.39 Å². The fraction of sp³-hybridized carbons (Fsp3) is 0.278. The summed E-state index contributed by atoms with van der Waals surface area (Å²) in [5.41, 5.74) is 1.80. The Kier molecular flexibility index (Phi) is 4.86. The number of benzene rings is 2.